The fraction of sp³-hybridized carbons (Fsp3) is 1.00. The van der Waals surface area contributed by atoms with E-state index in [0.717, 1.165) is 0 Å². The minimum atomic E-state index is -1.91. The van der Waals surface area contributed by atoms with E-state index in [1.807, 2.05) is 0 Å². The van der Waals surface area contributed by atoms with Gasteiger partial charge in [0.1, 0.15) is 0 Å². The van der Waals surface area contributed by atoms with Crippen LogP contribution >= 0.6 is 8.03 Å². The Labute approximate surface area is 63.3 Å². The smallest absolute Gasteiger partial charge is 1.00 e. The van der Waals surface area contributed by atoms with Crippen molar-refractivity contribution >= 4 is 31.1 Å². The molecular formula is C3H10MgO2P+. The van der Waals surface area contributed by atoms with Crippen LogP contribution in [-0.2, 0) is 4.57 Å². The Morgan fingerprint density at radius 2 is 1.86 bits per heavy atom. The second-order valence-corrected chi connectivity index (χ2v) is 3.03. The minimum absolute atomic E-state index is 0. The Balaban J connectivity index is -0.0000000417. The molecule has 0 aliphatic heterocycles. The summed E-state index contributed by atoms with van der Waals surface area (Å²) in [5.41, 5.74) is -0.0833. The zero-order valence-electron chi connectivity index (χ0n) is 6.59. The van der Waals surface area contributed by atoms with Gasteiger partial charge in [-0.1, -0.05) is 0 Å². The van der Waals surface area contributed by atoms with Gasteiger partial charge >= 0.3 is 31.1 Å². The largest absolute Gasteiger partial charge is 2.00 e. The maximum Gasteiger partial charge on any atom is 2.00 e. The molecule has 0 radical (unpaired) electrons. The van der Waals surface area contributed by atoms with Crippen molar-refractivity contribution in [2.24, 2.45) is 0 Å². The Morgan fingerprint density at radius 3 is 1.86 bits per heavy atom. The third-order valence-electron chi connectivity index (χ3n) is 0.442. The Morgan fingerprint density at radius 1 is 1.71 bits per heavy atom. The van der Waals surface area contributed by atoms with E-state index in [2.05, 4.69) is 0 Å². The van der Waals surface area contributed by atoms with Crippen LogP contribution < -0.4 is 0 Å². The molecule has 1 unspecified atom stereocenters. The first-order valence-electron chi connectivity index (χ1n) is 1.80. The van der Waals surface area contributed by atoms with Crippen molar-refractivity contribution in [3.63, 3.8) is 0 Å². The molecular weight excluding hydrogens is 123 g/mol. The van der Waals surface area contributed by atoms with Gasteiger partial charge in [-0.05, 0) is 18.4 Å². The van der Waals surface area contributed by atoms with E-state index < -0.39 is 8.03 Å². The number of hydrogen-bond acceptors (Lipinski definition) is 1. The van der Waals surface area contributed by atoms with E-state index in [1.54, 1.807) is 13.8 Å². The quantitative estimate of drug-likeness (QED) is 0.428. The summed E-state index contributed by atoms with van der Waals surface area (Å²) in [4.78, 5) is 8.14. The first-order chi connectivity index (χ1) is 2.64. The van der Waals surface area contributed by atoms with E-state index in [4.69, 9.17) is 4.89 Å². The normalized spacial score (nSPS) is 10.6. The van der Waals surface area contributed by atoms with Gasteiger partial charge in [0.2, 0.25) is 0 Å². The van der Waals surface area contributed by atoms with Crippen molar-refractivity contribution < 1.29 is 12.3 Å². The Hall–Kier alpha value is 0.826. The van der Waals surface area contributed by atoms with Gasteiger partial charge in [0.15, 0.2) is 5.66 Å². The zero-order valence-corrected chi connectivity index (χ0v) is 6.90. The molecule has 40 valence electrons. The number of hydrogen-bond donors (Lipinski definition) is 1. The van der Waals surface area contributed by atoms with Crippen molar-refractivity contribution in [1.29, 1.82) is 0 Å². The van der Waals surface area contributed by atoms with E-state index in [9.17, 15) is 4.57 Å². The summed E-state index contributed by atoms with van der Waals surface area (Å²) in [5, 5.41) is 0. The zero-order chi connectivity index (χ0) is 5.15. The molecule has 4 heteroatoms. The van der Waals surface area contributed by atoms with Crippen molar-refractivity contribution in [3.8, 4) is 0 Å². The van der Waals surface area contributed by atoms with Gasteiger partial charge in [0, 0.05) is 0 Å². The molecule has 7 heavy (non-hydrogen) atoms. The topological polar surface area (TPSA) is 37.3 Å². The second kappa shape index (κ2) is 4.97. The van der Waals surface area contributed by atoms with Crippen LogP contribution in [0.2, 0.25) is 0 Å². The molecule has 0 spiro atoms. The fourth-order valence-electron chi connectivity index (χ4n) is 0. The minimum Gasteiger partial charge on any atom is -1.00 e. The molecule has 0 aliphatic carbocycles. The summed E-state index contributed by atoms with van der Waals surface area (Å²) in [6.45, 7) is 3.41. The van der Waals surface area contributed by atoms with Crippen molar-refractivity contribution in [3.05, 3.63) is 0 Å². The predicted molar refractivity (Wildman–Crippen MR) is 32.9 cm³/mol. The van der Waals surface area contributed by atoms with Gasteiger partial charge in [0.25, 0.3) is 0 Å². The summed E-state index contributed by atoms with van der Waals surface area (Å²) < 4.78 is 9.85. The molecule has 0 rings (SSSR count). The number of rotatable bonds is 1. The van der Waals surface area contributed by atoms with Crippen LogP contribution in [0, 0.1) is 0 Å². The summed E-state index contributed by atoms with van der Waals surface area (Å²) in [5.74, 6) is 0. The third-order valence-corrected chi connectivity index (χ3v) is 1.33. The van der Waals surface area contributed by atoms with Crippen LogP contribution in [-0.4, -0.2) is 33.6 Å². The summed E-state index contributed by atoms with van der Waals surface area (Å²) in [6.07, 6.45) is 0. The van der Waals surface area contributed by atoms with Gasteiger partial charge in [-0.25, -0.2) is 0 Å². The van der Waals surface area contributed by atoms with Gasteiger partial charge in [-0.2, -0.15) is 4.89 Å². The molecule has 0 aromatic rings. The molecule has 0 heterocycles. The SMILES string of the molecule is CC(C)[P+](=O)O.[H-].[H-].[Mg+2]. The molecule has 0 aromatic heterocycles. The molecule has 0 fully saturated rings. The van der Waals surface area contributed by atoms with E-state index in [-0.39, 0.29) is 31.6 Å². The molecule has 0 amide bonds. The van der Waals surface area contributed by atoms with Crippen LogP contribution in [0.15, 0.2) is 0 Å². The van der Waals surface area contributed by atoms with Crippen LogP contribution in [0.4, 0.5) is 0 Å². The molecule has 0 bridgehead atoms. The van der Waals surface area contributed by atoms with Crippen LogP contribution in [0.3, 0.4) is 0 Å². The maximum absolute atomic E-state index is 9.85. The van der Waals surface area contributed by atoms with Crippen molar-refractivity contribution in [1.82, 2.24) is 0 Å². The van der Waals surface area contributed by atoms with Crippen LogP contribution in [0.5, 0.6) is 0 Å². The molecule has 1 N–H and O–H groups in total. The van der Waals surface area contributed by atoms with E-state index >= 15 is 0 Å². The molecule has 0 aliphatic rings. The third kappa shape index (κ3) is 6.83. The maximum atomic E-state index is 9.85. The van der Waals surface area contributed by atoms with Crippen molar-refractivity contribution in [2.75, 3.05) is 0 Å². The Bertz CT molecular complexity index is 70.8. The molecule has 1 atom stereocenters. The summed E-state index contributed by atoms with van der Waals surface area (Å²) in [6, 6.07) is 0. The van der Waals surface area contributed by atoms with Gasteiger partial charge < -0.3 is 2.85 Å². The molecule has 2 nitrogen and oxygen atoms in total. The van der Waals surface area contributed by atoms with Gasteiger partial charge in [-0.15, -0.1) is 0 Å². The average Bonchev–Trinajstić information content (AvgIpc) is 1.36. The van der Waals surface area contributed by atoms with E-state index in [1.165, 1.54) is 0 Å². The van der Waals surface area contributed by atoms with Gasteiger partial charge in [-0.3, -0.25) is 0 Å². The van der Waals surface area contributed by atoms with Crippen molar-refractivity contribution in [2.45, 2.75) is 19.5 Å². The Kier molecular flexibility index (Phi) is 7.63. The molecule has 0 saturated carbocycles. The average molecular weight is 133 g/mol. The molecule has 0 saturated heterocycles. The summed E-state index contributed by atoms with van der Waals surface area (Å²) in [7, 11) is -1.91. The van der Waals surface area contributed by atoms with Gasteiger partial charge in [0.05, 0.1) is 0 Å². The first-order valence-corrected chi connectivity index (χ1v) is 3.08. The van der Waals surface area contributed by atoms with Crippen LogP contribution in [0.1, 0.15) is 16.7 Å². The summed E-state index contributed by atoms with van der Waals surface area (Å²) >= 11 is 0. The predicted octanol–water partition coefficient (Wildman–Crippen LogP) is 0.974. The van der Waals surface area contributed by atoms with Crippen LogP contribution in [0.25, 0.3) is 0 Å². The monoisotopic (exact) mass is 133 g/mol. The fourth-order valence-corrected chi connectivity index (χ4v) is 0. The second-order valence-electron chi connectivity index (χ2n) is 1.40. The molecule has 0 aromatic carbocycles. The van der Waals surface area contributed by atoms with E-state index in [0.29, 0.717) is 0 Å². The standard InChI is InChI=1S/C3H7O2P.Mg.2H/c1-3(2)6(4)5;;;/h3H,1-2H3;;;/q;+2;2*-1/p+1. The first kappa shape index (κ1) is 10.7.